The van der Waals surface area contributed by atoms with Crippen LogP contribution in [0.2, 0.25) is 0 Å². The largest absolute Gasteiger partial charge is 0.364 e. The molecule has 0 spiro atoms. The van der Waals surface area contributed by atoms with Gasteiger partial charge in [0.15, 0.2) is 11.5 Å². The highest BCUT2D eigenvalue weighted by molar-refractivity contribution is 5.68. The summed E-state index contributed by atoms with van der Waals surface area (Å²) in [5.74, 6) is 1.41. The number of aryl methyl sites for hydroxylation is 1. The summed E-state index contributed by atoms with van der Waals surface area (Å²) >= 11 is 0. The molecule has 0 saturated heterocycles. The Balaban J connectivity index is 1.55. The van der Waals surface area contributed by atoms with Crippen LogP contribution in [0.4, 0.5) is 5.82 Å². The van der Waals surface area contributed by atoms with E-state index in [-0.39, 0.29) is 0 Å². The van der Waals surface area contributed by atoms with Crippen LogP contribution in [-0.4, -0.2) is 29.4 Å². The van der Waals surface area contributed by atoms with Gasteiger partial charge in [0.1, 0.15) is 12.1 Å². The Hall–Kier alpha value is -4.51. The van der Waals surface area contributed by atoms with E-state index in [1.54, 1.807) is 4.52 Å². The molecule has 8 nitrogen and oxygen atoms in total. The first kappa shape index (κ1) is 18.5. The van der Waals surface area contributed by atoms with Crippen molar-refractivity contribution < 1.29 is 0 Å². The highest BCUT2D eigenvalue weighted by Crippen LogP contribution is 2.26. The predicted octanol–water partition coefficient (Wildman–Crippen LogP) is 3.77. The maximum absolute atomic E-state index is 9.34. The van der Waals surface area contributed by atoms with E-state index in [1.165, 1.54) is 6.33 Å². The van der Waals surface area contributed by atoms with E-state index >= 15 is 0 Å². The van der Waals surface area contributed by atoms with Gasteiger partial charge in [0, 0.05) is 30.1 Å². The van der Waals surface area contributed by atoms with E-state index < -0.39 is 0 Å². The van der Waals surface area contributed by atoms with Crippen LogP contribution in [0.25, 0.3) is 22.7 Å². The van der Waals surface area contributed by atoms with Gasteiger partial charge in [0.2, 0.25) is 0 Å². The topological polar surface area (TPSA) is 96.7 Å². The van der Waals surface area contributed by atoms with Gasteiger partial charge in [0.25, 0.3) is 0 Å². The Morgan fingerprint density at radius 1 is 1.06 bits per heavy atom. The molecule has 0 amide bonds. The van der Waals surface area contributed by atoms with Crippen molar-refractivity contribution in [3.8, 4) is 23.1 Å². The molecule has 0 aliphatic rings. The predicted molar refractivity (Wildman–Crippen MR) is 117 cm³/mol. The van der Waals surface area contributed by atoms with Gasteiger partial charge in [-0.05, 0) is 42.8 Å². The van der Waals surface area contributed by atoms with Crippen LogP contribution in [0.15, 0.2) is 73.2 Å². The maximum Gasteiger partial charge on any atom is 0.155 e. The minimum Gasteiger partial charge on any atom is -0.364 e. The van der Waals surface area contributed by atoms with Crippen molar-refractivity contribution in [2.75, 3.05) is 5.32 Å². The van der Waals surface area contributed by atoms with Crippen LogP contribution >= 0.6 is 0 Å². The molecule has 4 aromatic heterocycles. The third-order valence-electron chi connectivity index (χ3n) is 4.97. The van der Waals surface area contributed by atoms with Crippen LogP contribution in [0.3, 0.4) is 0 Å². The smallest absolute Gasteiger partial charge is 0.155 e. The number of pyridine rings is 2. The quantitative estimate of drug-likeness (QED) is 0.477. The van der Waals surface area contributed by atoms with Gasteiger partial charge in [0.05, 0.1) is 17.3 Å². The van der Waals surface area contributed by atoms with Gasteiger partial charge in [-0.2, -0.15) is 10.4 Å². The first-order valence-electron chi connectivity index (χ1n) is 9.77. The number of benzene rings is 1. The Morgan fingerprint density at radius 3 is 2.84 bits per heavy atom. The van der Waals surface area contributed by atoms with E-state index in [1.807, 2.05) is 78.5 Å². The number of anilines is 1. The first-order chi connectivity index (χ1) is 15.2. The second kappa shape index (κ2) is 7.72. The lowest BCUT2D eigenvalue weighted by atomic mass is 10.1. The molecule has 8 heteroatoms. The summed E-state index contributed by atoms with van der Waals surface area (Å²) in [7, 11) is 0. The van der Waals surface area contributed by atoms with Crippen molar-refractivity contribution >= 4 is 11.5 Å². The minimum absolute atomic E-state index is 0.491. The van der Waals surface area contributed by atoms with Gasteiger partial charge in [-0.25, -0.2) is 19.2 Å². The highest BCUT2D eigenvalue weighted by Gasteiger charge is 2.14. The van der Waals surface area contributed by atoms with E-state index in [4.69, 9.17) is 5.10 Å². The summed E-state index contributed by atoms with van der Waals surface area (Å²) in [4.78, 5) is 8.92. The Labute approximate surface area is 178 Å². The third-order valence-corrected chi connectivity index (χ3v) is 4.97. The molecular weight excluding hydrogens is 388 g/mol. The third kappa shape index (κ3) is 3.60. The Kier molecular flexibility index (Phi) is 4.61. The zero-order valence-corrected chi connectivity index (χ0v) is 16.8. The van der Waals surface area contributed by atoms with Crippen LogP contribution in [0.1, 0.15) is 16.8 Å². The molecule has 5 rings (SSSR count). The molecule has 0 atom stereocenters. The number of fused-ring (bicyclic) bond motifs is 1. The molecule has 0 aliphatic carbocycles. The van der Waals surface area contributed by atoms with Crippen LogP contribution in [-0.2, 0) is 6.54 Å². The van der Waals surface area contributed by atoms with Crippen molar-refractivity contribution in [1.82, 2.24) is 29.4 Å². The summed E-state index contributed by atoms with van der Waals surface area (Å²) in [6, 6.07) is 21.5. The molecule has 0 fully saturated rings. The molecule has 0 bridgehead atoms. The average Bonchev–Trinajstić information content (AvgIpc) is 3.44. The minimum atomic E-state index is 0.491. The lowest BCUT2D eigenvalue weighted by Gasteiger charge is -2.07. The highest BCUT2D eigenvalue weighted by atomic mass is 15.3. The van der Waals surface area contributed by atoms with Crippen LogP contribution in [0, 0.1) is 18.3 Å². The molecular formula is C23H18N8. The lowest BCUT2D eigenvalue weighted by molar-refractivity contribution is 0.845. The average molecular weight is 406 g/mol. The number of hydrogen-bond acceptors (Lipinski definition) is 6. The molecule has 0 aliphatic heterocycles. The van der Waals surface area contributed by atoms with Crippen molar-refractivity contribution in [2.45, 2.75) is 13.5 Å². The molecule has 5 aromatic rings. The summed E-state index contributed by atoms with van der Waals surface area (Å²) in [6.45, 7) is 2.44. The fraction of sp³-hybridized carbons (Fsp3) is 0.0870. The first-order valence-corrected chi connectivity index (χ1v) is 9.77. The molecule has 1 N–H and O–H groups in total. The summed E-state index contributed by atoms with van der Waals surface area (Å²) < 4.78 is 3.53. The van der Waals surface area contributed by atoms with Crippen molar-refractivity contribution in [2.24, 2.45) is 0 Å². The van der Waals surface area contributed by atoms with E-state index in [9.17, 15) is 5.26 Å². The number of rotatable bonds is 5. The monoisotopic (exact) mass is 406 g/mol. The number of nitriles is 1. The van der Waals surface area contributed by atoms with Crippen molar-refractivity contribution in [1.29, 1.82) is 5.26 Å². The van der Waals surface area contributed by atoms with Crippen LogP contribution < -0.4 is 5.32 Å². The molecule has 4 heterocycles. The fourth-order valence-corrected chi connectivity index (χ4v) is 3.44. The lowest BCUT2D eigenvalue weighted by Crippen LogP contribution is -2.05. The zero-order valence-electron chi connectivity index (χ0n) is 16.8. The molecule has 0 radical (unpaired) electrons. The van der Waals surface area contributed by atoms with Crippen LogP contribution in [0.5, 0.6) is 0 Å². The van der Waals surface area contributed by atoms with Gasteiger partial charge in [-0.15, -0.1) is 5.10 Å². The maximum atomic E-state index is 9.34. The van der Waals surface area contributed by atoms with Gasteiger partial charge in [-0.3, -0.25) is 0 Å². The number of nitrogens with zero attached hydrogens (tertiary/aromatic N) is 7. The van der Waals surface area contributed by atoms with E-state index in [2.05, 4.69) is 26.5 Å². The van der Waals surface area contributed by atoms with Gasteiger partial charge < -0.3 is 5.32 Å². The standard InChI is InChI=1S/C23H18N8/c1-16-5-4-8-22(28-16)31-20(17-9-10-30-23(11-17)26-15-27-30)12-21(29-31)25-14-19-7-3-2-6-18(19)13-24/h2-12,15H,14H2,1H3,(H,25,29). The van der Waals surface area contributed by atoms with Gasteiger partial charge >= 0.3 is 0 Å². The second-order valence-corrected chi connectivity index (χ2v) is 7.06. The normalized spacial score (nSPS) is 10.8. The SMILES string of the molecule is Cc1cccc(-n2nc(NCc3ccccc3C#N)cc2-c2ccn3ncnc3c2)n1. The zero-order chi connectivity index (χ0) is 21.2. The molecule has 1 aromatic carbocycles. The molecule has 31 heavy (non-hydrogen) atoms. The number of hydrogen-bond donors (Lipinski definition) is 1. The van der Waals surface area contributed by atoms with Gasteiger partial charge in [-0.1, -0.05) is 24.3 Å². The Morgan fingerprint density at radius 2 is 1.97 bits per heavy atom. The van der Waals surface area contributed by atoms with Crippen molar-refractivity contribution in [3.63, 3.8) is 0 Å². The molecule has 0 saturated carbocycles. The number of nitrogens with one attached hydrogen (secondary N) is 1. The molecule has 0 unspecified atom stereocenters. The van der Waals surface area contributed by atoms with E-state index in [0.717, 1.165) is 34.0 Å². The fourth-order valence-electron chi connectivity index (χ4n) is 3.44. The second-order valence-electron chi connectivity index (χ2n) is 7.06. The molecule has 150 valence electrons. The summed E-state index contributed by atoms with van der Waals surface area (Å²) in [5, 5.41) is 21.6. The van der Waals surface area contributed by atoms with Crippen molar-refractivity contribution in [3.05, 3.63) is 90.0 Å². The summed E-state index contributed by atoms with van der Waals surface area (Å²) in [5.41, 5.74) is 5.04. The summed E-state index contributed by atoms with van der Waals surface area (Å²) in [6.07, 6.45) is 3.40. The van der Waals surface area contributed by atoms with E-state index in [0.29, 0.717) is 17.9 Å². The number of aromatic nitrogens is 6. The Bertz CT molecular complexity index is 1420.